The van der Waals surface area contributed by atoms with Gasteiger partial charge in [0.25, 0.3) is 0 Å². The van der Waals surface area contributed by atoms with E-state index in [9.17, 15) is 4.79 Å². The number of carbonyl (C=O) groups is 1. The Morgan fingerprint density at radius 1 is 1.04 bits per heavy atom. The van der Waals surface area contributed by atoms with Crippen LogP contribution in [-0.4, -0.2) is 33.2 Å². The number of methoxy groups -OCH3 is 2. The van der Waals surface area contributed by atoms with Crippen LogP contribution < -0.4 is 20.1 Å². The summed E-state index contributed by atoms with van der Waals surface area (Å²) < 4.78 is 10.4. The molecule has 0 spiro atoms. The van der Waals surface area contributed by atoms with Crippen molar-refractivity contribution in [3.63, 3.8) is 0 Å². The van der Waals surface area contributed by atoms with E-state index in [0.29, 0.717) is 29.4 Å². The Kier molecular flexibility index (Phi) is 7.57. The van der Waals surface area contributed by atoms with Crippen molar-refractivity contribution in [2.24, 2.45) is 0 Å². The standard InChI is InChI=1S/C19H23ClN2O3/c1-24-17-6-4-3-5-14(17)9-11-21-12-10-19(23)22-15-7-8-18(25-2)16(20)13-15/h3-8,13,21H,9-12H2,1-2H3,(H,22,23). The molecular weight excluding hydrogens is 340 g/mol. The van der Waals surface area contributed by atoms with Crippen LogP contribution in [0.1, 0.15) is 12.0 Å². The van der Waals surface area contributed by atoms with Crippen molar-refractivity contribution in [2.75, 3.05) is 32.6 Å². The predicted octanol–water partition coefficient (Wildman–Crippen LogP) is 3.52. The highest BCUT2D eigenvalue weighted by atomic mass is 35.5. The van der Waals surface area contributed by atoms with Crippen LogP contribution in [0.5, 0.6) is 11.5 Å². The number of rotatable bonds is 9. The minimum absolute atomic E-state index is 0.0639. The van der Waals surface area contributed by atoms with E-state index in [2.05, 4.69) is 10.6 Å². The SMILES string of the molecule is COc1ccc(NC(=O)CCNCCc2ccccc2OC)cc1Cl. The molecule has 25 heavy (non-hydrogen) atoms. The van der Waals surface area contributed by atoms with Gasteiger partial charge in [-0.25, -0.2) is 0 Å². The Balaban J connectivity index is 1.69. The van der Waals surface area contributed by atoms with Crippen LogP contribution in [0, 0.1) is 0 Å². The molecule has 0 fully saturated rings. The van der Waals surface area contributed by atoms with Gasteiger partial charge in [-0.2, -0.15) is 0 Å². The molecule has 1 amide bonds. The van der Waals surface area contributed by atoms with Crippen LogP contribution in [0.25, 0.3) is 0 Å². The van der Waals surface area contributed by atoms with E-state index >= 15 is 0 Å². The fourth-order valence-electron chi connectivity index (χ4n) is 2.43. The van der Waals surface area contributed by atoms with Gasteiger partial charge < -0.3 is 20.1 Å². The second-order valence-corrected chi connectivity index (χ2v) is 5.87. The monoisotopic (exact) mass is 362 g/mol. The summed E-state index contributed by atoms with van der Waals surface area (Å²) in [6, 6.07) is 13.1. The highest BCUT2D eigenvalue weighted by Crippen LogP contribution is 2.27. The number of halogens is 1. The van der Waals surface area contributed by atoms with Crippen LogP contribution in [0.2, 0.25) is 5.02 Å². The molecule has 2 N–H and O–H groups in total. The number of carbonyl (C=O) groups excluding carboxylic acids is 1. The number of hydrogen-bond donors (Lipinski definition) is 2. The lowest BCUT2D eigenvalue weighted by atomic mass is 10.1. The molecule has 5 nitrogen and oxygen atoms in total. The zero-order chi connectivity index (χ0) is 18.1. The summed E-state index contributed by atoms with van der Waals surface area (Å²) in [5.74, 6) is 1.40. The second kappa shape index (κ2) is 9.91. The maximum absolute atomic E-state index is 12.0. The largest absolute Gasteiger partial charge is 0.496 e. The molecule has 2 rings (SSSR count). The molecule has 0 saturated carbocycles. The first kappa shape index (κ1) is 19.1. The van der Waals surface area contributed by atoms with Gasteiger partial charge in [0.1, 0.15) is 11.5 Å². The van der Waals surface area contributed by atoms with Gasteiger partial charge in [-0.3, -0.25) is 4.79 Å². The summed E-state index contributed by atoms with van der Waals surface area (Å²) in [5.41, 5.74) is 1.81. The third kappa shape index (κ3) is 5.96. The fourth-order valence-corrected chi connectivity index (χ4v) is 2.68. The molecule has 2 aromatic rings. The zero-order valence-electron chi connectivity index (χ0n) is 14.5. The molecule has 0 aliphatic heterocycles. The molecule has 134 valence electrons. The van der Waals surface area contributed by atoms with Crippen LogP contribution in [0.4, 0.5) is 5.69 Å². The molecule has 0 radical (unpaired) electrons. The number of anilines is 1. The maximum atomic E-state index is 12.0. The Morgan fingerprint density at radius 2 is 1.80 bits per heavy atom. The average Bonchev–Trinajstić information content (AvgIpc) is 2.62. The Labute approximate surface area is 153 Å². The van der Waals surface area contributed by atoms with Gasteiger partial charge in [-0.05, 0) is 42.8 Å². The molecule has 0 unspecified atom stereocenters. The molecule has 0 bridgehead atoms. The van der Waals surface area contributed by atoms with Crippen LogP contribution in [-0.2, 0) is 11.2 Å². The van der Waals surface area contributed by atoms with Crippen molar-refractivity contribution >= 4 is 23.2 Å². The van der Waals surface area contributed by atoms with Gasteiger partial charge in [0, 0.05) is 18.7 Å². The third-order valence-corrected chi connectivity index (χ3v) is 4.02. The minimum atomic E-state index is -0.0639. The van der Waals surface area contributed by atoms with Gasteiger partial charge in [-0.1, -0.05) is 29.8 Å². The van der Waals surface area contributed by atoms with E-state index < -0.39 is 0 Å². The second-order valence-electron chi connectivity index (χ2n) is 5.46. The number of ether oxygens (including phenoxy) is 2. The maximum Gasteiger partial charge on any atom is 0.225 e. The number of nitrogens with one attached hydrogen (secondary N) is 2. The van der Waals surface area contributed by atoms with Crippen molar-refractivity contribution in [1.82, 2.24) is 5.32 Å². The van der Waals surface area contributed by atoms with E-state index in [-0.39, 0.29) is 5.91 Å². The first-order valence-electron chi connectivity index (χ1n) is 8.10. The van der Waals surface area contributed by atoms with Crippen molar-refractivity contribution < 1.29 is 14.3 Å². The van der Waals surface area contributed by atoms with Gasteiger partial charge in [0.15, 0.2) is 0 Å². The lowest BCUT2D eigenvalue weighted by Crippen LogP contribution is -2.23. The van der Waals surface area contributed by atoms with Gasteiger partial charge >= 0.3 is 0 Å². The average molecular weight is 363 g/mol. The normalized spacial score (nSPS) is 10.4. The Morgan fingerprint density at radius 3 is 2.52 bits per heavy atom. The summed E-state index contributed by atoms with van der Waals surface area (Å²) >= 11 is 6.04. The fraction of sp³-hybridized carbons (Fsp3) is 0.316. The number of para-hydroxylation sites is 1. The zero-order valence-corrected chi connectivity index (χ0v) is 15.2. The van der Waals surface area contributed by atoms with Crippen molar-refractivity contribution in [3.8, 4) is 11.5 Å². The molecule has 0 saturated heterocycles. The van der Waals surface area contributed by atoms with E-state index in [1.165, 1.54) is 0 Å². The third-order valence-electron chi connectivity index (χ3n) is 3.73. The molecule has 0 atom stereocenters. The topological polar surface area (TPSA) is 59.6 Å². The minimum Gasteiger partial charge on any atom is -0.496 e. The summed E-state index contributed by atoms with van der Waals surface area (Å²) in [4.78, 5) is 12.0. The molecular formula is C19H23ClN2O3. The van der Waals surface area contributed by atoms with Crippen molar-refractivity contribution in [1.29, 1.82) is 0 Å². The number of benzene rings is 2. The van der Waals surface area contributed by atoms with Crippen molar-refractivity contribution in [3.05, 3.63) is 53.1 Å². The lowest BCUT2D eigenvalue weighted by Gasteiger charge is -2.10. The number of amides is 1. The van der Waals surface area contributed by atoms with Gasteiger partial charge in [0.05, 0.1) is 19.2 Å². The Bertz CT molecular complexity index is 707. The highest BCUT2D eigenvalue weighted by Gasteiger charge is 2.06. The first-order chi connectivity index (χ1) is 12.1. The smallest absolute Gasteiger partial charge is 0.225 e. The van der Waals surface area contributed by atoms with E-state index in [4.69, 9.17) is 21.1 Å². The summed E-state index contributed by atoms with van der Waals surface area (Å²) in [5, 5.41) is 6.56. The van der Waals surface area contributed by atoms with Crippen LogP contribution >= 0.6 is 11.6 Å². The quantitative estimate of drug-likeness (QED) is 0.670. The van der Waals surface area contributed by atoms with E-state index in [1.54, 1.807) is 32.4 Å². The first-order valence-corrected chi connectivity index (χ1v) is 8.48. The molecule has 0 aliphatic rings. The summed E-state index contributed by atoms with van der Waals surface area (Å²) in [7, 11) is 3.22. The van der Waals surface area contributed by atoms with Gasteiger partial charge in [-0.15, -0.1) is 0 Å². The van der Waals surface area contributed by atoms with Crippen LogP contribution in [0.15, 0.2) is 42.5 Å². The number of hydrogen-bond acceptors (Lipinski definition) is 4. The lowest BCUT2D eigenvalue weighted by molar-refractivity contribution is -0.116. The summed E-state index contributed by atoms with van der Waals surface area (Å²) in [6.07, 6.45) is 1.23. The van der Waals surface area contributed by atoms with Crippen molar-refractivity contribution in [2.45, 2.75) is 12.8 Å². The predicted molar refractivity (Wildman–Crippen MR) is 101 cm³/mol. The Hall–Kier alpha value is -2.24. The highest BCUT2D eigenvalue weighted by molar-refractivity contribution is 6.32. The molecule has 0 aromatic heterocycles. The van der Waals surface area contributed by atoms with Gasteiger partial charge in [0.2, 0.25) is 5.91 Å². The molecule has 0 heterocycles. The van der Waals surface area contributed by atoms with Crippen LogP contribution in [0.3, 0.4) is 0 Å². The van der Waals surface area contributed by atoms with E-state index in [1.807, 2.05) is 24.3 Å². The molecule has 6 heteroatoms. The summed E-state index contributed by atoms with van der Waals surface area (Å²) in [6.45, 7) is 1.38. The van der Waals surface area contributed by atoms with E-state index in [0.717, 1.165) is 24.3 Å². The molecule has 0 aliphatic carbocycles. The molecule has 2 aromatic carbocycles.